The monoisotopic (exact) mass is 383 g/mol. The van der Waals surface area contributed by atoms with Crippen molar-refractivity contribution in [2.75, 3.05) is 13.2 Å². The quantitative estimate of drug-likeness (QED) is 0.758. The summed E-state index contributed by atoms with van der Waals surface area (Å²) in [6, 6.07) is 9.20. The van der Waals surface area contributed by atoms with Crippen LogP contribution in [0.1, 0.15) is 20.7 Å². The molecule has 3 rings (SSSR count). The first-order valence-corrected chi connectivity index (χ1v) is 8.92. The molecule has 0 aliphatic carbocycles. The summed E-state index contributed by atoms with van der Waals surface area (Å²) < 4.78 is 43.7. The minimum Gasteiger partial charge on any atom is -0.460 e. The molecule has 0 radical (unpaired) electrons. The Bertz CT molecular complexity index is 976. The average molecular weight is 384 g/mol. The van der Waals surface area contributed by atoms with Gasteiger partial charge in [0.05, 0.1) is 17.7 Å². The van der Waals surface area contributed by atoms with Crippen molar-refractivity contribution >= 4 is 33.5 Å². The number of halogens is 2. The lowest BCUT2D eigenvalue weighted by molar-refractivity contribution is 0.0472. The molecular formula is C16H11ClFNO5S. The van der Waals surface area contributed by atoms with Gasteiger partial charge in [-0.1, -0.05) is 23.7 Å². The van der Waals surface area contributed by atoms with E-state index in [4.69, 9.17) is 16.3 Å². The minimum atomic E-state index is -3.98. The molecule has 0 saturated heterocycles. The Balaban J connectivity index is 1.70. The summed E-state index contributed by atoms with van der Waals surface area (Å²) in [6.45, 7) is -0.784. The van der Waals surface area contributed by atoms with Crippen LogP contribution in [0.25, 0.3) is 0 Å². The van der Waals surface area contributed by atoms with Gasteiger partial charge < -0.3 is 4.74 Å². The zero-order valence-electron chi connectivity index (χ0n) is 12.6. The Morgan fingerprint density at radius 1 is 1.20 bits per heavy atom. The third-order valence-corrected chi connectivity index (χ3v) is 5.66. The summed E-state index contributed by atoms with van der Waals surface area (Å²) in [5.74, 6) is -2.51. The van der Waals surface area contributed by atoms with E-state index in [2.05, 4.69) is 0 Å². The largest absolute Gasteiger partial charge is 0.460 e. The van der Waals surface area contributed by atoms with Gasteiger partial charge >= 0.3 is 5.97 Å². The number of amides is 1. The molecule has 6 nitrogen and oxygen atoms in total. The molecule has 0 N–H and O–H groups in total. The number of nitrogens with zero attached hydrogens (tertiary/aromatic N) is 1. The van der Waals surface area contributed by atoms with Crippen molar-refractivity contribution in [1.82, 2.24) is 4.31 Å². The molecule has 1 aliphatic heterocycles. The fourth-order valence-corrected chi connectivity index (χ4v) is 4.13. The third-order valence-electron chi connectivity index (χ3n) is 3.59. The van der Waals surface area contributed by atoms with Gasteiger partial charge in [-0.2, -0.15) is 0 Å². The van der Waals surface area contributed by atoms with Gasteiger partial charge in [0, 0.05) is 5.02 Å². The van der Waals surface area contributed by atoms with Crippen LogP contribution >= 0.6 is 11.6 Å². The highest BCUT2D eigenvalue weighted by Gasteiger charge is 2.40. The second kappa shape index (κ2) is 6.45. The smallest absolute Gasteiger partial charge is 0.341 e. The van der Waals surface area contributed by atoms with Crippen molar-refractivity contribution in [3.8, 4) is 0 Å². The summed E-state index contributed by atoms with van der Waals surface area (Å²) >= 11 is 5.70. The number of carbonyl (C=O) groups excluding carboxylic acids is 2. The van der Waals surface area contributed by atoms with Crippen molar-refractivity contribution in [2.45, 2.75) is 4.90 Å². The van der Waals surface area contributed by atoms with Gasteiger partial charge in [-0.25, -0.2) is 21.9 Å². The highest BCUT2D eigenvalue weighted by Crippen LogP contribution is 2.29. The lowest BCUT2D eigenvalue weighted by atomic mass is 10.2. The number of rotatable bonds is 4. The third kappa shape index (κ3) is 3.10. The van der Waals surface area contributed by atoms with Crippen molar-refractivity contribution in [3.05, 3.63) is 64.4 Å². The zero-order chi connectivity index (χ0) is 18.2. The molecule has 0 atom stereocenters. The number of hydrogen-bond acceptors (Lipinski definition) is 5. The molecule has 1 aliphatic rings. The van der Waals surface area contributed by atoms with Crippen LogP contribution in [0.5, 0.6) is 0 Å². The van der Waals surface area contributed by atoms with E-state index in [1.165, 1.54) is 24.3 Å². The summed E-state index contributed by atoms with van der Waals surface area (Å²) in [5, 5.41) is 0.154. The average Bonchev–Trinajstić information content (AvgIpc) is 2.78. The van der Waals surface area contributed by atoms with Crippen molar-refractivity contribution in [2.24, 2.45) is 0 Å². The lowest BCUT2D eigenvalue weighted by Crippen LogP contribution is -2.33. The summed E-state index contributed by atoms with van der Waals surface area (Å²) in [6.07, 6.45) is 0. The number of fused-ring (bicyclic) bond motifs is 1. The van der Waals surface area contributed by atoms with Crippen molar-refractivity contribution in [3.63, 3.8) is 0 Å². The molecule has 0 unspecified atom stereocenters. The second-order valence-corrected chi connectivity index (χ2v) is 7.41. The first kappa shape index (κ1) is 17.4. The molecular weight excluding hydrogens is 373 g/mol. The van der Waals surface area contributed by atoms with Gasteiger partial charge in [-0.15, -0.1) is 0 Å². The predicted molar refractivity (Wildman–Crippen MR) is 86.4 cm³/mol. The molecule has 0 fully saturated rings. The fourth-order valence-electron chi connectivity index (χ4n) is 2.41. The van der Waals surface area contributed by atoms with Crippen LogP contribution in [0.15, 0.2) is 47.4 Å². The Kier molecular flexibility index (Phi) is 4.49. The molecule has 2 aromatic rings. The lowest BCUT2D eigenvalue weighted by Gasteiger charge is -2.15. The van der Waals surface area contributed by atoms with Gasteiger partial charge in [0.1, 0.15) is 17.3 Å². The minimum absolute atomic E-state index is 0.0645. The molecule has 2 aromatic carbocycles. The van der Waals surface area contributed by atoms with Crippen LogP contribution in [0.4, 0.5) is 4.39 Å². The highest BCUT2D eigenvalue weighted by molar-refractivity contribution is 7.90. The molecule has 1 amide bonds. The molecule has 0 saturated carbocycles. The van der Waals surface area contributed by atoms with Crippen LogP contribution < -0.4 is 0 Å². The number of benzene rings is 2. The van der Waals surface area contributed by atoms with Gasteiger partial charge in [0.25, 0.3) is 15.9 Å². The van der Waals surface area contributed by atoms with E-state index in [1.807, 2.05) is 0 Å². The number of carbonyl (C=O) groups is 2. The van der Waals surface area contributed by atoms with Crippen LogP contribution in [-0.2, 0) is 14.8 Å². The Hall–Kier alpha value is -2.45. The van der Waals surface area contributed by atoms with E-state index < -0.39 is 34.3 Å². The topological polar surface area (TPSA) is 80.8 Å². The fraction of sp³-hybridized carbons (Fsp3) is 0.125. The molecule has 25 heavy (non-hydrogen) atoms. The molecule has 130 valence electrons. The molecule has 0 aromatic heterocycles. The van der Waals surface area contributed by atoms with Crippen LogP contribution in [0.2, 0.25) is 5.02 Å². The first-order valence-electron chi connectivity index (χ1n) is 7.10. The number of esters is 1. The van der Waals surface area contributed by atoms with Crippen molar-refractivity contribution in [1.29, 1.82) is 0 Å². The molecule has 9 heteroatoms. The summed E-state index contributed by atoms with van der Waals surface area (Å²) in [4.78, 5) is 24.0. The van der Waals surface area contributed by atoms with Gasteiger partial charge in [0.15, 0.2) is 0 Å². The van der Waals surface area contributed by atoms with Crippen LogP contribution in [-0.4, -0.2) is 37.8 Å². The van der Waals surface area contributed by atoms with Crippen LogP contribution in [0, 0.1) is 5.82 Å². The number of sulfonamides is 1. The SMILES string of the molecule is O=C(OCCN1C(=O)c2ccccc2S1(=O)=O)c1cc(Cl)ccc1F. The maximum absolute atomic E-state index is 13.6. The molecule has 1 heterocycles. The van der Waals surface area contributed by atoms with E-state index >= 15 is 0 Å². The van der Waals surface area contributed by atoms with E-state index in [-0.39, 0.29) is 27.6 Å². The number of ether oxygens (including phenoxy) is 1. The maximum atomic E-state index is 13.6. The normalized spacial score (nSPS) is 15.1. The van der Waals surface area contributed by atoms with Crippen molar-refractivity contribution < 1.29 is 27.1 Å². The highest BCUT2D eigenvalue weighted by atomic mass is 35.5. The summed E-state index contributed by atoms with van der Waals surface area (Å²) in [7, 11) is -3.98. The van der Waals surface area contributed by atoms with Gasteiger partial charge in [-0.05, 0) is 30.3 Å². The van der Waals surface area contributed by atoms with E-state index in [0.29, 0.717) is 4.31 Å². The first-order chi connectivity index (χ1) is 11.8. The van der Waals surface area contributed by atoms with E-state index in [0.717, 1.165) is 12.1 Å². The van der Waals surface area contributed by atoms with E-state index in [9.17, 15) is 22.4 Å². The zero-order valence-corrected chi connectivity index (χ0v) is 14.2. The van der Waals surface area contributed by atoms with Gasteiger partial charge in [-0.3, -0.25) is 4.79 Å². The predicted octanol–water partition coefficient (Wildman–Crippen LogP) is 2.48. The second-order valence-electron chi connectivity index (χ2n) is 5.14. The number of hydrogen-bond donors (Lipinski definition) is 0. The Labute approximate surface area is 147 Å². The van der Waals surface area contributed by atoms with Gasteiger partial charge in [0.2, 0.25) is 0 Å². The molecule has 0 bridgehead atoms. The molecule has 0 spiro atoms. The Morgan fingerprint density at radius 2 is 1.92 bits per heavy atom. The maximum Gasteiger partial charge on any atom is 0.341 e. The Morgan fingerprint density at radius 3 is 2.64 bits per heavy atom. The summed E-state index contributed by atoms with van der Waals surface area (Å²) in [5.41, 5.74) is -0.305. The van der Waals surface area contributed by atoms with Crippen LogP contribution in [0.3, 0.4) is 0 Å². The standard InChI is InChI=1S/C16H11ClFNO5S/c17-10-5-6-13(18)12(9-10)16(21)24-8-7-19-15(20)11-3-1-2-4-14(11)25(19,22)23/h1-6,9H,7-8H2. The van der Waals surface area contributed by atoms with E-state index in [1.54, 1.807) is 6.07 Å².